The normalized spacial score (nSPS) is 14.9. The van der Waals surface area contributed by atoms with E-state index in [-0.39, 0.29) is 23.7 Å². The summed E-state index contributed by atoms with van der Waals surface area (Å²) in [5.41, 5.74) is 0.767. The molecule has 4 rings (SSSR count). The van der Waals surface area contributed by atoms with E-state index in [9.17, 15) is 13.2 Å². The molecule has 1 heterocycles. The zero-order valence-corrected chi connectivity index (χ0v) is 19.0. The highest BCUT2D eigenvalue weighted by Gasteiger charge is 2.29. The van der Waals surface area contributed by atoms with Gasteiger partial charge in [-0.2, -0.15) is 0 Å². The number of ether oxygens (including phenoxy) is 3. The lowest BCUT2D eigenvalue weighted by atomic mass is 10.2. The maximum Gasteiger partial charge on any atom is 0.269 e. The van der Waals surface area contributed by atoms with Crippen molar-refractivity contribution in [3.05, 3.63) is 72.8 Å². The molecule has 1 aliphatic rings. The van der Waals surface area contributed by atoms with Crippen LogP contribution in [0.1, 0.15) is 6.92 Å². The Balaban J connectivity index is 1.60. The van der Waals surface area contributed by atoms with Crippen molar-refractivity contribution in [2.75, 3.05) is 29.9 Å². The van der Waals surface area contributed by atoms with Gasteiger partial charge in [0.15, 0.2) is 11.5 Å². The molecular weight excluding hydrogens is 444 g/mol. The molecule has 0 aliphatic carbocycles. The van der Waals surface area contributed by atoms with Crippen LogP contribution >= 0.6 is 0 Å². The number of anilines is 2. The Kier molecular flexibility index (Phi) is 6.41. The summed E-state index contributed by atoms with van der Waals surface area (Å²) >= 11 is 0. The number of amides is 1. The molecule has 0 saturated heterocycles. The molecule has 1 unspecified atom stereocenters. The van der Waals surface area contributed by atoms with Gasteiger partial charge in [-0.15, -0.1) is 0 Å². The number of carbonyl (C=O) groups is 1. The van der Waals surface area contributed by atoms with Crippen LogP contribution in [0.3, 0.4) is 0 Å². The minimum Gasteiger partial charge on any atom is -0.495 e. The summed E-state index contributed by atoms with van der Waals surface area (Å²) in [7, 11) is -2.44. The monoisotopic (exact) mass is 468 g/mol. The number of hydrogen-bond acceptors (Lipinski definition) is 6. The number of fused-ring (bicyclic) bond motifs is 1. The lowest BCUT2D eigenvalue weighted by molar-refractivity contribution is -0.125. The van der Waals surface area contributed by atoms with Gasteiger partial charge in [-0.1, -0.05) is 30.3 Å². The highest BCUT2D eigenvalue weighted by atomic mass is 32.2. The van der Waals surface area contributed by atoms with Gasteiger partial charge in [-0.3, -0.25) is 9.10 Å². The van der Waals surface area contributed by atoms with Crippen LogP contribution < -0.4 is 23.8 Å². The van der Waals surface area contributed by atoms with E-state index in [0.29, 0.717) is 22.9 Å². The summed E-state index contributed by atoms with van der Waals surface area (Å²) < 4.78 is 44.7. The average Bonchev–Trinajstić information content (AvgIpc) is 2.84. The van der Waals surface area contributed by atoms with Crippen molar-refractivity contribution in [3.8, 4) is 17.2 Å². The molecule has 0 fully saturated rings. The molecule has 3 aromatic rings. The molecule has 9 heteroatoms. The van der Waals surface area contributed by atoms with Crippen LogP contribution in [0.15, 0.2) is 77.7 Å². The number of nitrogens with zero attached hydrogens (tertiary/aromatic N) is 1. The summed E-state index contributed by atoms with van der Waals surface area (Å²) in [5, 5.41) is 2.72. The van der Waals surface area contributed by atoms with E-state index in [1.807, 2.05) is 12.1 Å². The van der Waals surface area contributed by atoms with Gasteiger partial charge in [-0.05, 0) is 49.4 Å². The van der Waals surface area contributed by atoms with Crippen LogP contribution in [0.25, 0.3) is 0 Å². The summed E-state index contributed by atoms with van der Waals surface area (Å²) in [6, 6.07) is 20.2. The molecule has 0 spiro atoms. The smallest absolute Gasteiger partial charge is 0.269 e. The molecular formula is C24H24N2O6S. The van der Waals surface area contributed by atoms with Crippen LogP contribution in [-0.4, -0.2) is 40.7 Å². The van der Waals surface area contributed by atoms with E-state index in [4.69, 9.17) is 14.2 Å². The number of benzene rings is 3. The molecule has 0 bridgehead atoms. The second-order valence-corrected chi connectivity index (χ2v) is 9.08. The van der Waals surface area contributed by atoms with Crippen LogP contribution in [0.5, 0.6) is 17.2 Å². The van der Waals surface area contributed by atoms with Gasteiger partial charge in [-0.25, -0.2) is 8.42 Å². The Bertz CT molecular complexity index is 1250. The SMILES string of the molecule is CCN(c1ccccc1)S(=O)(=O)c1ccc(OC)c(NC(=O)C2COc3ccccc3O2)c1. The van der Waals surface area contributed by atoms with Crippen LogP contribution in [0.2, 0.25) is 0 Å². The fourth-order valence-electron chi connectivity index (χ4n) is 3.52. The number of sulfonamides is 1. The summed E-state index contributed by atoms with van der Waals surface area (Å²) in [5.74, 6) is 0.872. The minimum absolute atomic E-state index is 0.0236. The largest absolute Gasteiger partial charge is 0.495 e. The van der Waals surface area contributed by atoms with E-state index in [2.05, 4.69) is 5.32 Å². The number of nitrogens with one attached hydrogen (secondary N) is 1. The van der Waals surface area contributed by atoms with Crippen molar-refractivity contribution < 1.29 is 27.4 Å². The third kappa shape index (κ3) is 4.58. The van der Waals surface area contributed by atoms with Gasteiger partial charge >= 0.3 is 0 Å². The lowest BCUT2D eigenvalue weighted by Gasteiger charge is -2.26. The molecule has 33 heavy (non-hydrogen) atoms. The van der Waals surface area contributed by atoms with Crippen LogP contribution in [0.4, 0.5) is 11.4 Å². The predicted octanol–water partition coefficient (Wildman–Crippen LogP) is 3.69. The van der Waals surface area contributed by atoms with Gasteiger partial charge in [0.05, 0.1) is 23.4 Å². The maximum absolute atomic E-state index is 13.4. The van der Waals surface area contributed by atoms with Crippen molar-refractivity contribution in [3.63, 3.8) is 0 Å². The minimum atomic E-state index is -3.88. The molecule has 172 valence electrons. The van der Waals surface area contributed by atoms with Gasteiger partial charge < -0.3 is 19.5 Å². The highest BCUT2D eigenvalue weighted by Crippen LogP contribution is 2.33. The molecule has 0 aromatic heterocycles. The van der Waals surface area contributed by atoms with Gasteiger partial charge in [0, 0.05) is 6.54 Å². The fourth-order valence-corrected chi connectivity index (χ4v) is 5.02. The number of rotatable bonds is 7. The van der Waals surface area contributed by atoms with Crippen molar-refractivity contribution in [2.24, 2.45) is 0 Å². The molecule has 3 aromatic carbocycles. The van der Waals surface area contributed by atoms with Crippen molar-refractivity contribution >= 4 is 27.3 Å². The molecule has 8 nitrogen and oxygen atoms in total. The number of hydrogen-bond donors (Lipinski definition) is 1. The molecule has 0 radical (unpaired) electrons. The first kappa shape index (κ1) is 22.5. The van der Waals surface area contributed by atoms with E-state index >= 15 is 0 Å². The summed E-state index contributed by atoms with van der Waals surface area (Å²) in [4.78, 5) is 12.9. The molecule has 1 N–H and O–H groups in total. The number of para-hydroxylation sites is 3. The van der Waals surface area contributed by atoms with Crippen LogP contribution in [0, 0.1) is 0 Å². The lowest BCUT2D eigenvalue weighted by Crippen LogP contribution is -2.40. The second kappa shape index (κ2) is 9.41. The van der Waals surface area contributed by atoms with E-state index in [0.717, 1.165) is 0 Å². The third-order valence-corrected chi connectivity index (χ3v) is 7.05. The number of methoxy groups -OCH3 is 1. The Morgan fingerprint density at radius 2 is 1.76 bits per heavy atom. The van der Waals surface area contributed by atoms with E-state index < -0.39 is 22.0 Å². The van der Waals surface area contributed by atoms with Gasteiger partial charge in [0.1, 0.15) is 12.4 Å². The molecule has 1 amide bonds. The zero-order chi connectivity index (χ0) is 23.4. The number of carbonyl (C=O) groups excluding carboxylic acids is 1. The second-order valence-electron chi connectivity index (χ2n) is 7.22. The summed E-state index contributed by atoms with van der Waals surface area (Å²) in [6.45, 7) is 2.03. The Hall–Kier alpha value is -3.72. The van der Waals surface area contributed by atoms with Crippen molar-refractivity contribution in [1.29, 1.82) is 0 Å². The first-order chi connectivity index (χ1) is 15.9. The zero-order valence-electron chi connectivity index (χ0n) is 18.2. The van der Waals surface area contributed by atoms with E-state index in [1.54, 1.807) is 49.4 Å². The van der Waals surface area contributed by atoms with Crippen LogP contribution in [-0.2, 0) is 14.8 Å². The van der Waals surface area contributed by atoms with Crippen molar-refractivity contribution in [2.45, 2.75) is 17.9 Å². The Labute approximate surface area is 192 Å². The van der Waals surface area contributed by atoms with Gasteiger partial charge in [0.2, 0.25) is 6.10 Å². The van der Waals surface area contributed by atoms with Gasteiger partial charge in [0.25, 0.3) is 15.9 Å². The fraction of sp³-hybridized carbons (Fsp3) is 0.208. The Morgan fingerprint density at radius 1 is 1.06 bits per heavy atom. The highest BCUT2D eigenvalue weighted by molar-refractivity contribution is 7.92. The predicted molar refractivity (Wildman–Crippen MR) is 125 cm³/mol. The first-order valence-electron chi connectivity index (χ1n) is 10.4. The topological polar surface area (TPSA) is 94.2 Å². The van der Waals surface area contributed by atoms with E-state index in [1.165, 1.54) is 29.6 Å². The molecule has 1 atom stereocenters. The van der Waals surface area contributed by atoms with Crippen molar-refractivity contribution in [1.82, 2.24) is 0 Å². The Morgan fingerprint density at radius 3 is 2.45 bits per heavy atom. The first-order valence-corrected chi connectivity index (χ1v) is 11.8. The standard InChI is InChI=1S/C24H24N2O6S/c1-3-26(17-9-5-4-6-10-17)33(28,29)18-13-14-20(30-2)19(15-18)25-24(27)23-16-31-21-11-7-8-12-22(21)32-23/h4-15,23H,3,16H2,1-2H3,(H,25,27). The third-order valence-electron chi connectivity index (χ3n) is 5.15. The summed E-state index contributed by atoms with van der Waals surface area (Å²) in [6.07, 6.45) is -0.902. The average molecular weight is 469 g/mol. The maximum atomic E-state index is 13.4. The molecule has 1 aliphatic heterocycles. The molecule has 0 saturated carbocycles. The quantitative estimate of drug-likeness (QED) is 0.568.